The molecule has 5 heterocycles. The van der Waals surface area contributed by atoms with Crippen LogP contribution in [0.25, 0.3) is 44.7 Å². The van der Waals surface area contributed by atoms with Crippen LogP contribution in [0, 0.1) is 32.1 Å². The lowest BCUT2D eigenvalue weighted by Gasteiger charge is -2.17. The number of aromatic nitrogens is 4. The van der Waals surface area contributed by atoms with E-state index >= 15 is 0 Å². The van der Waals surface area contributed by atoms with Gasteiger partial charge in [-0.05, 0) is 117 Å². The van der Waals surface area contributed by atoms with Gasteiger partial charge in [0.1, 0.15) is 22.9 Å². The molecule has 6 aromatic rings. The molecule has 2 fully saturated rings. The van der Waals surface area contributed by atoms with Crippen LogP contribution in [0.5, 0.6) is 0 Å². The summed E-state index contributed by atoms with van der Waals surface area (Å²) >= 11 is 0. The minimum Gasteiger partial charge on any atom is -0.435 e. The molecular weight excluding hydrogens is 624 g/mol. The number of likely N-dealkylation sites (tertiary alicyclic amines) is 2. The Balaban J connectivity index is 1.10. The van der Waals surface area contributed by atoms with Crippen molar-refractivity contribution in [2.75, 3.05) is 31.5 Å². The van der Waals surface area contributed by atoms with Crippen molar-refractivity contribution >= 4 is 33.6 Å². The summed E-state index contributed by atoms with van der Waals surface area (Å²) in [5.41, 5.74) is 11.5. The van der Waals surface area contributed by atoms with Crippen molar-refractivity contribution in [3.63, 3.8) is 0 Å². The Morgan fingerprint density at radius 3 is 2.38 bits per heavy atom. The second-order valence-corrected chi connectivity index (χ2v) is 13.7. The van der Waals surface area contributed by atoms with Crippen molar-refractivity contribution in [2.45, 2.75) is 59.2 Å². The highest BCUT2D eigenvalue weighted by Crippen LogP contribution is 2.38. The molecule has 8 rings (SSSR count). The standard InChI is InChI=1S/C40H40N8O2/c1-24-31(8-6-10-33(24)40-46-36-17-27(21-47-13-4-5-14-47)16-29(19-41)38(36)50-40)32-9-7-11-34(25(32)2)45-39-37-35(43-26(3)44-39)18-28(20-42-37)22-48-15-12-30(49)23-48/h6-11,16-18,20,30,49H,4-5,12-15,21-23H2,1-3H3,(H,43,44,45)/t30-/m1/s1. The highest BCUT2D eigenvalue weighted by Gasteiger charge is 2.22. The Morgan fingerprint density at radius 2 is 1.60 bits per heavy atom. The Hall–Kier alpha value is -5.21. The molecule has 3 aromatic carbocycles. The second kappa shape index (κ2) is 13.2. The Labute approximate surface area is 291 Å². The third kappa shape index (κ3) is 6.20. The lowest BCUT2D eigenvalue weighted by atomic mass is 9.93. The maximum Gasteiger partial charge on any atom is 0.227 e. The van der Waals surface area contributed by atoms with Crippen LogP contribution in [-0.4, -0.2) is 67.1 Å². The first-order chi connectivity index (χ1) is 24.3. The summed E-state index contributed by atoms with van der Waals surface area (Å²) in [6, 6.07) is 20.8. The van der Waals surface area contributed by atoms with Gasteiger partial charge in [0.2, 0.25) is 5.89 Å². The molecule has 3 aromatic heterocycles. The molecule has 0 bridgehead atoms. The number of nitrogens with zero attached hydrogens (tertiary/aromatic N) is 7. The molecule has 2 saturated heterocycles. The van der Waals surface area contributed by atoms with Crippen LogP contribution in [0.1, 0.15) is 52.9 Å². The van der Waals surface area contributed by atoms with E-state index in [2.05, 4.69) is 65.4 Å². The van der Waals surface area contributed by atoms with Gasteiger partial charge in [0.05, 0.1) is 17.2 Å². The van der Waals surface area contributed by atoms with Crippen LogP contribution in [-0.2, 0) is 13.1 Å². The van der Waals surface area contributed by atoms with Crippen molar-refractivity contribution in [1.29, 1.82) is 5.26 Å². The van der Waals surface area contributed by atoms with Crippen LogP contribution >= 0.6 is 0 Å². The number of hydrogen-bond acceptors (Lipinski definition) is 10. The number of nitrogens with one attached hydrogen (secondary N) is 1. The van der Waals surface area contributed by atoms with Crippen LogP contribution in [0.3, 0.4) is 0 Å². The monoisotopic (exact) mass is 664 g/mol. The quantitative estimate of drug-likeness (QED) is 0.172. The molecule has 2 N–H and O–H groups in total. The summed E-state index contributed by atoms with van der Waals surface area (Å²) in [7, 11) is 0. The summed E-state index contributed by atoms with van der Waals surface area (Å²) in [4.78, 5) is 23.8. The number of β-amino-alcohol motifs (C(OH)–C–C–N with tert-alkyl or cyclic N) is 1. The van der Waals surface area contributed by atoms with E-state index in [1.54, 1.807) is 0 Å². The van der Waals surface area contributed by atoms with Gasteiger partial charge in [-0.25, -0.2) is 15.0 Å². The number of oxazole rings is 1. The summed E-state index contributed by atoms with van der Waals surface area (Å²) in [6.07, 6.45) is 4.87. The first-order valence-electron chi connectivity index (χ1n) is 17.4. The molecule has 2 aliphatic rings. The molecule has 0 aliphatic carbocycles. The zero-order valence-corrected chi connectivity index (χ0v) is 28.7. The summed E-state index contributed by atoms with van der Waals surface area (Å²) in [5, 5.41) is 23.5. The summed E-state index contributed by atoms with van der Waals surface area (Å²) < 4.78 is 6.31. The molecule has 0 saturated carbocycles. The number of rotatable bonds is 8. The molecule has 0 spiro atoms. The van der Waals surface area contributed by atoms with Crippen molar-refractivity contribution in [3.8, 4) is 28.7 Å². The van der Waals surface area contributed by atoms with Crippen molar-refractivity contribution in [2.24, 2.45) is 0 Å². The van der Waals surface area contributed by atoms with E-state index in [-0.39, 0.29) is 6.10 Å². The fourth-order valence-corrected chi connectivity index (χ4v) is 7.49. The van der Waals surface area contributed by atoms with Crippen molar-refractivity contribution < 1.29 is 9.52 Å². The van der Waals surface area contributed by atoms with E-state index in [4.69, 9.17) is 24.4 Å². The molecule has 10 heteroatoms. The third-order valence-electron chi connectivity index (χ3n) is 10.1. The first-order valence-corrected chi connectivity index (χ1v) is 17.4. The average molecular weight is 665 g/mol. The van der Waals surface area contributed by atoms with E-state index in [0.29, 0.717) is 46.3 Å². The largest absolute Gasteiger partial charge is 0.435 e. The Bertz CT molecular complexity index is 2280. The van der Waals surface area contributed by atoms with Gasteiger partial charge in [-0.2, -0.15) is 5.26 Å². The normalized spacial score (nSPS) is 16.8. The van der Waals surface area contributed by atoms with E-state index < -0.39 is 0 Å². The first kappa shape index (κ1) is 32.0. The molecular formula is C40H40N8O2. The van der Waals surface area contributed by atoms with Crippen molar-refractivity contribution in [1.82, 2.24) is 29.7 Å². The molecule has 10 nitrogen and oxygen atoms in total. The fourth-order valence-electron chi connectivity index (χ4n) is 7.49. The minimum absolute atomic E-state index is 0.258. The second-order valence-electron chi connectivity index (χ2n) is 13.7. The smallest absolute Gasteiger partial charge is 0.227 e. The van der Waals surface area contributed by atoms with Gasteiger partial charge in [0.25, 0.3) is 0 Å². The van der Waals surface area contributed by atoms with Crippen molar-refractivity contribution in [3.05, 3.63) is 94.4 Å². The highest BCUT2D eigenvalue weighted by molar-refractivity contribution is 5.89. The van der Waals surface area contributed by atoms with Gasteiger partial charge in [0, 0.05) is 43.6 Å². The zero-order valence-electron chi connectivity index (χ0n) is 28.7. The van der Waals surface area contributed by atoms with Crippen LogP contribution in [0.2, 0.25) is 0 Å². The molecule has 252 valence electrons. The molecule has 0 unspecified atom stereocenters. The SMILES string of the molecule is Cc1nc(Nc2cccc(-c3cccc(-c4nc5cc(CN6CCCC6)cc(C#N)c5o4)c3C)c2C)c2ncc(CN3CC[C@@H](O)C3)cc2n1. The predicted molar refractivity (Wildman–Crippen MR) is 195 cm³/mol. The number of anilines is 2. The number of benzene rings is 3. The van der Waals surface area contributed by atoms with Gasteiger partial charge in [-0.15, -0.1) is 0 Å². The summed E-state index contributed by atoms with van der Waals surface area (Å²) in [5.74, 6) is 1.83. The van der Waals surface area contributed by atoms with Crippen LogP contribution in [0.4, 0.5) is 11.5 Å². The molecule has 0 radical (unpaired) electrons. The maximum absolute atomic E-state index is 9.98. The topological polar surface area (TPSA) is 127 Å². The van der Waals surface area contributed by atoms with Gasteiger partial charge in [-0.1, -0.05) is 24.3 Å². The molecule has 2 aliphatic heterocycles. The molecule has 1 atom stereocenters. The van der Waals surface area contributed by atoms with E-state index in [9.17, 15) is 10.4 Å². The number of aliphatic hydroxyl groups excluding tert-OH is 1. The number of hydrogen-bond donors (Lipinski definition) is 2. The maximum atomic E-state index is 9.98. The lowest BCUT2D eigenvalue weighted by Crippen LogP contribution is -2.21. The number of aliphatic hydroxyl groups is 1. The van der Waals surface area contributed by atoms with Gasteiger partial charge in [0.15, 0.2) is 11.4 Å². The van der Waals surface area contributed by atoms with Crippen LogP contribution < -0.4 is 5.32 Å². The number of nitriles is 1. The molecule has 0 amide bonds. The van der Waals surface area contributed by atoms with Gasteiger partial charge in [-0.3, -0.25) is 14.8 Å². The number of aryl methyl sites for hydroxylation is 1. The Morgan fingerprint density at radius 1 is 0.860 bits per heavy atom. The minimum atomic E-state index is -0.258. The number of fused-ring (bicyclic) bond motifs is 2. The molecule has 50 heavy (non-hydrogen) atoms. The van der Waals surface area contributed by atoms with Gasteiger partial charge >= 0.3 is 0 Å². The zero-order chi connectivity index (χ0) is 34.4. The van der Waals surface area contributed by atoms with E-state index in [0.717, 1.165) is 89.3 Å². The highest BCUT2D eigenvalue weighted by atomic mass is 16.3. The summed E-state index contributed by atoms with van der Waals surface area (Å²) in [6.45, 7) is 11.4. The lowest BCUT2D eigenvalue weighted by molar-refractivity contribution is 0.175. The van der Waals surface area contributed by atoms with E-state index in [1.165, 1.54) is 12.8 Å². The Kier molecular flexibility index (Phi) is 8.49. The third-order valence-corrected chi connectivity index (χ3v) is 10.1. The van der Waals surface area contributed by atoms with Gasteiger partial charge < -0.3 is 14.8 Å². The fraction of sp³-hybridized carbons (Fsp3) is 0.325. The number of pyridine rings is 1. The predicted octanol–water partition coefficient (Wildman–Crippen LogP) is 7.20. The van der Waals surface area contributed by atoms with E-state index in [1.807, 2.05) is 37.4 Å². The van der Waals surface area contributed by atoms with Crippen LogP contribution in [0.15, 0.2) is 65.2 Å². The average Bonchev–Trinajstić information content (AvgIpc) is 3.87.